The zero-order chi connectivity index (χ0) is 6.57. The van der Waals surface area contributed by atoms with Gasteiger partial charge in [0.2, 0.25) is 0 Å². The summed E-state index contributed by atoms with van der Waals surface area (Å²) in [6.07, 6.45) is 0. The van der Waals surface area contributed by atoms with Crippen LogP contribution in [0.3, 0.4) is 0 Å². The summed E-state index contributed by atoms with van der Waals surface area (Å²) in [6, 6.07) is 0. The quantitative estimate of drug-likeness (QED) is 0.396. The van der Waals surface area contributed by atoms with Crippen molar-refractivity contribution in [3.8, 4) is 0 Å². The topological polar surface area (TPSA) is 35.5 Å². The lowest BCUT2D eigenvalue weighted by atomic mass is 10.2. The van der Waals surface area contributed by atoms with Crippen molar-refractivity contribution >= 4 is 5.97 Å². The molecule has 0 unspecified atom stereocenters. The Labute approximate surface area is 48.5 Å². The molecule has 48 valence electrons. The Hall–Kier alpha value is -0.570. The van der Waals surface area contributed by atoms with Gasteiger partial charge < -0.3 is 0 Å². The lowest BCUT2D eigenvalue weighted by Gasteiger charge is -1.99. The Balaban J connectivity index is 3.33. The highest BCUT2D eigenvalue weighted by molar-refractivity contribution is 5.70. The molecule has 0 radical (unpaired) electrons. The second kappa shape index (κ2) is 3.43. The third-order valence-corrected chi connectivity index (χ3v) is 0.637. The maximum atomic E-state index is 10.4. The minimum absolute atomic E-state index is 0.116. The fraction of sp³-hybridized carbons (Fsp3) is 0.800. The van der Waals surface area contributed by atoms with Crippen molar-refractivity contribution in [1.29, 1.82) is 0 Å². The van der Waals surface area contributed by atoms with Gasteiger partial charge in [-0.05, 0) is 0 Å². The van der Waals surface area contributed by atoms with Gasteiger partial charge in [-0.15, -0.1) is 0 Å². The van der Waals surface area contributed by atoms with E-state index in [1.165, 1.54) is 7.11 Å². The molecule has 0 atom stereocenters. The van der Waals surface area contributed by atoms with Gasteiger partial charge in [0.15, 0.2) is 0 Å². The Morgan fingerprint density at radius 1 is 1.50 bits per heavy atom. The van der Waals surface area contributed by atoms with E-state index in [0.29, 0.717) is 0 Å². The summed E-state index contributed by atoms with van der Waals surface area (Å²) in [5.74, 6) is -0.456. The highest BCUT2D eigenvalue weighted by atomic mass is 17.2. The van der Waals surface area contributed by atoms with Crippen LogP contribution in [-0.2, 0) is 14.6 Å². The van der Waals surface area contributed by atoms with E-state index in [1.54, 1.807) is 13.8 Å². The summed E-state index contributed by atoms with van der Waals surface area (Å²) >= 11 is 0. The van der Waals surface area contributed by atoms with Crippen LogP contribution in [0.15, 0.2) is 0 Å². The summed E-state index contributed by atoms with van der Waals surface area (Å²) in [6.45, 7) is 3.47. The van der Waals surface area contributed by atoms with Gasteiger partial charge in [-0.3, -0.25) is 4.89 Å². The molecule has 0 fully saturated rings. The normalized spacial score (nSPS) is 9.50. The first kappa shape index (κ1) is 7.43. The van der Waals surface area contributed by atoms with Crippen molar-refractivity contribution in [2.75, 3.05) is 7.11 Å². The van der Waals surface area contributed by atoms with E-state index in [4.69, 9.17) is 0 Å². The van der Waals surface area contributed by atoms with Crippen molar-refractivity contribution in [1.82, 2.24) is 0 Å². The summed E-state index contributed by atoms with van der Waals surface area (Å²) in [5, 5.41) is 0. The number of hydrogen-bond donors (Lipinski definition) is 0. The van der Waals surface area contributed by atoms with Crippen molar-refractivity contribution < 1.29 is 14.6 Å². The molecule has 0 aliphatic heterocycles. The van der Waals surface area contributed by atoms with Crippen LogP contribution in [0.25, 0.3) is 0 Å². The van der Waals surface area contributed by atoms with E-state index in [1.807, 2.05) is 0 Å². The van der Waals surface area contributed by atoms with E-state index >= 15 is 0 Å². The molecule has 0 aromatic heterocycles. The number of rotatable bonds is 2. The molecule has 0 bridgehead atoms. The highest BCUT2D eigenvalue weighted by Gasteiger charge is 2.07. The summed E-state index contributed by atoms with van der Waals surface area (Å²) in [5.41, 5.74) is 0. The third kappa shape index (κ3) is 2.58. The zero-order valence-corrected chi connectivity index (χ0v) is 5.30. The minimum Gasteiger partial charge on any atom is -0.298 e. The van der Waals surface area contributed by atoms with E-state index < -0.39 is 0 Å². The molecule has 8 heavy (non-hydrogen) atoms. The fourth-order valence-corrected chi connectivity index (χ4v) is 0.178. The molecule has 3 nitrogen and oxygen atoms in total. The molecule has 0 spiro atoms. The first-order valence-corrected chi connectivity index (χ1v) is 2.43. The van der Waals surface area contributed by atoms with Crippen molar-refractivity contribution in [3.05, 3.63) is 0 Å². The molecular weight excluding hydrogens is 108 g/mol. The molecule has 0 aliphatic carbocycles. The first-order valence-electron chi connectivity index (χ1n) is 2.43. The van der Waals surface area contributed by atoms with Crippen LogP contribution in [-0.4, -0.2) is 13.1 Å². The molecule has 0 saturated carbocycles. The molecule has 0 aromatic rings. The van der Waals surface area contributed by atoms with Crippen LogP contribution in [0.5, 0.6) is 0 Å². The maximum Gasteiger partial charge on any atom is 0.344 e. The summed E-state index contributed by atoms with van der Waals surface area (Å²) in [4.78, 5) is 18.7. The molecule has 0 aromatic carbocycles. The van der Waals surface area contributed by atoms with Gasteiger partial charge in [-0.1, -0.05) is 13.8 Å². The van der Waals surface area contributed by atoms with Crippen molar-refractivity contribution in [2.45, 2.75) is 13.8 Å². The van der Waals surface area contributed by atoms with E-state index in [9.17, 15) is 4.79 Å². The smallest absolute Gasteiger partial charge is 0.298 e. The van der Waals surface area contributed by atoms with Crippen LogP contribution in [0.4, 0.5) is 0 Å². The molecule has 0 rings (SSSR count). The fourth-order valence-electron chi connectivity index (χ4n) is 0.178. The SMILES string of the molecule is COOC(=O)C(C)C. The van der Waals surface area contributed by atoms with Crippen LogP contribution in [0, 0.1) is 5.92 Å². The molecule has 0 aliphatic rings. The Morgan fingerprint density at radius 3 is 2.12 bits per heavy atom. The second-order valence-corrected chi connectivity index (χ2v) is 1.72. The van der Waals surface area contributed by atoms with Gasteiger partial charge in [-0.25, -0.2) is 4.79 Å². The summed E-state index contributed by atoms with van der Waals surface area (Å²) < 4.78 is 0. The average Bonchev–Trinajstić information content (AvgIpc) is 1.67. The maximum absolute atomic E-state index is 10.4. The van der Waals surface area contributed by atoms with Crippen LogP contribution >= 0.6 is 0 Å². The molecule has 0 heterocycles. The predicted molar refractivity (Wildman–Crippen MR) is 27.9 cm³/mol. The van der Waals surface area contributed by atoms with Crippen LogP contribution < -0.4 is 0 Å². The van der Waals surface area contributed by atoms with Crippen LogP contribution in [0.2, 0.25) is 0 Å². The van der Waals surface area contributed by atoms with Gasteiger partial charge in [0.1, 0.15) is 0 Å². The molecule has 3 heteroatoms. The standard InChI is InChI=1S/C5H10O3/c1-4(2)5(6)8-7-3/h4H,1-3H3. The number of carbonyl (C=O) groups excluding carboxylic acids is 1. The summed E-state index contributed by atoms with van der Waals surface area (Å²) in [7, 11) is 1.31. The molecule has 0 N–H and O–H groups in total. The highest BCUT2D eigenvalue weighted by Crippen LogP contribution is 1.94. The first-order chi connectivity index (χ1) is 3.68. The Kier molecular flexibility index (Phi) is 3.19. The van der Waals surface area contributed by atoms with Gasteiger partial charge in [0.05, 0.1) is 13.0 Å². The van der Waals surface area contributed by atoms with Gasteiger partial charge in [0, 0.05) is 0 Å². The lowest BCUT2D eigenvalue weighted by molar-refractivity contribution is -0.258. The van der Waals surface area contributed by atoms with Crippen molar-refractivity contribution in [3.63, 3.8) is 0 Å². The molecular formula is C5H10O3. The van der Waals surface area contributed by atoms with E-state index in [2.05, 4.69) is 9.78 Å². The molecule has 0 amide bonds. The minimum atomic E-state index is -0.340. The number of hydrogen-bond acceptors (Lipinski definition) is 3. The molecule has 0 saturated heterocycles. The van der Waals surface area contributed by atoms with Gasteiger partial charge >= 0.3 is 5.97 Å². The van der Waals surface area contributed by atoms with Gasteiger partial charge in [-0.2, -0.15) is 4.89 Å². The van der Waals surface area contributed by atoms with Crippen molar-refractivity contribution in [2.24, 2.45) is 5.92 Å². The van der Waals surface area contributed by atoms with E-state index in [0.717, 1.165) is 0 Å². The zero-order valence-electron chi connectivity index (χ0n) is 5.30. The Bertz CT molecular complexity index is 77.7. The van der Waals surface area contributed by atoms with E-state index in [-0.39, 0.29) is 11.9 Å². The van der Waals surface area contributed by atoms with Crippen LogP contribution in [0.1, 0.15) is 13.8 Å². The Morgan fingerprint density at radius 2 is 2.00 bits per heavy atom. The average molecular weight is 118 g/mol. The second-order valence-electron chi connectivity index (χ2n) is 1.72. The van der Waals surface area contributed by atoms with Gasteiger partial charge in [0.25, 0.3) is 0 Å². The monoisotopic (exact) mass is 118 g/mol. The lowest BCUT2D eigenvalue weighted by Crippen LogP contribution is -2.10. The number of carbonyl (C=O) groups is 1. The third-order valence-electron chi connectivity index (χ3n) is 0.637. The largest absolute Gasteiger partial charge is 0.344 e. The predicted octanol–water partition coefficient (Wildman–Crippen LogP) is 0.747.